The zero-order valence-electron chi connectivity index (χ0n) is 13.7. The van der Waals surface area contributed by atoms with Crippen molar-refractivity contribution in [2.24, 2.45) is 5.10 Å². The molecule has 0 atom stereocenters. The van der Waals surface area contributed by atoms with Gasteiger partial charge in [0, 0.05) is 10.7 Å². The molecule has 0 aliphatic rings. The second-order valence-electron chi connectivity index (χ2n) is 5.04. The lowest BCUT2D eigenvalue weighted by Crippen LogP contribution is -2.27. The van der Waals surface area contributed by atoms with E-state index < -0.39 is 0 Å². The molecule has 0 aliphatic carbocycles. The molecule has 0 saturated heterocycles. The number of benzene rings is 2. The number of anilines is 1. The number of carbonyl (C=O) groups excluding carboxylic acids is 1. The Kier molecular flexibility index (Phi) is 6.63. The molecule has 2 aromatic rings. The summed E-state index contributed by atoms with van der Waals surface area (Å²) < 4.78 is 5.09. The number of methoxy groups -OCH3 is 1. The zero-order chi connectivity index (χ0) is 17.4. The van der Waals surface area contributed by atoms with E-state index in [-0.39, 0.29) is 12.5 Å². The number of nitrogens with one attached hydrogen (secondary N) is 2. The highest BCUT2D eigenvalue weighted by Crippen LogP contribution is 2.14. The quantitative estimate of drug-likeness (QED) is 0.594. The van der Waals surface area contributed by atoms with Crippen molar-refractivity contribution in [3.05, 3.63) is 59.1 Å². The normalized spacial score (nSPS) is 11.0. The Labute approximate surface area is 146 Å². The average Bonchev–Trinajstić information content (AvgIpc) is 2.62. The van der Waals surface area contributed by atoms with Gasteiger partial charge in [-0.2, -0.15) is 5.10 Å². The van der Waals surface area contributed by atoms with Crippen molar-refractivity contribution in [2.45, 2.75) is 13.3 Å². The number of nitrogens with zero attached hydrogens (tertiary/aromatic N) is 1. The van der Waals surface area contributed by atoms with Crippen LogP contribution in [-0.4, -0.2) is 25.3 Å². The van der Waals surface area contributed by atoms with Crippen molar-refractivity contribution in [1.29, 1.82) is 0 Å². The molecule has 0 aliphatic heterocycles. The van der Waals surface area contributed by atoms with Gasteiger partial charge in [0.2, 0.25) is 0 Å². The van der Waals surface area contributed by atoms with Crippen molar-refractivity contribution in [2.75, 3.05) is 19.0 Å². The van der Waals surface area contributed by atoms with Gasteiger partial charge in [0.05, 0.1) is 19.4 Å². The van der Waals surface area contributed by atoms with E-state index in [0.29, 0.717) is 11.4 Å². The number of hydrazone groups is 1. The molecule has 6 heteroatoms. The van der Waals surface area contributed by atoms with Crippen LogP contribution < -0.4 is 15.5 Å². The molecule has 24 heavy (non-hydrogen) atoms. The van der Waals surface area contributed by atoms with Gasteiger partial charge in [-0.3, -0.25) is 4.79 Å². The van der Waals surface area contributed by atoms with E-state index in [2.05, 4.69) is 15.8 Å². The molecular formula is C18H20ClN3O2. The third kappa shape index (κ3) is 5.28. The maximum atomic E-state index is 11.9. The summed E-state index contributed by atoms with van der Waals surface area (Å²) in [6.45, 7) is 2.11. The highest BCUT2D eigenvalue weighted by Gasteiger charge is 2.04. The average molecular weight is 346 g/mol. The highest BCUT2D eigenvalue weighted by molar-refractivity contribution is 6.30. The Bertz CT molecular complexity index is 697. The topological polar surface area (TPSA) is 62.7 Å². The van der Waals surface area contributed by atoms with Crippen LogP contribution in [0.25, 0.3) is 0 Å². The van der Waals surface area contributed by atoms with Crippen LogP contribution in [0.4, 0.5) is 5.69 Å². The molecule has 5 nitrogen and oxygen atoms in total. The van der Waals surface area contributed by atoms with Crippen LogP contribution in [0, 0.1) is 0 Å². The minimum absolute atomic E-state index is 0.132. The van der Waals surface area contributed by atoms with Crippen LogP contribution >= 0.6 is 11.6 Å². The first-order chi connectivity index (χ1) is 11.6. The molecule has 2 rings (SSSR count). The lowest BCUT2D eigenvalue weighted by atomic mass is 10.1. The summed E-state index contributed by atoms with van der Waals surface area (Å²) in [5.74, 6) is 0.552. The molecule has 0 unspecified atom stereocenters. The summed E-state index contributed by atoms with van der Waals surface area (Å²) in [6.07, 6.45) is 0.702. The number of carbonyl (C=O) groups is 1. The van der Waals surface area contributed by atoms with Crippen LogP contribution in [-0.2, 0) is 4.79 Å². The third-order valence-corrected chi connectivity index (χ3v) is 3.62. The standard InChI is InChI=1S/C18H20ClN3O2/c1-3-17(13-4-6-14(19)7-5-13)21-22-18(23)12-20-15-8-10-16(24-2)11-9-15/h4-11,20H,3,12H2,1-2H3,(H,22,23)/b21-17+. The first-order valence-electron chi connectivity index (χ1n) is 7.61. The number of amides is 1. The summed E-state index contributed by atoms with van der Waals surface area (Å²) in [5, 5.41) is 7.89. The lowest BCUT2D eigenvalue weighted by molar-refractivity contribution is -0.119. The third-order valence-electron chi connectivity index (χ3n) is 3.37. The van der Waals surface area contributed by atoms with Gasteiger partial charge in [0.15, 0.2) is 0 Å². The fourth-order valence-corrected chi connectivity index (χ4v) is 2.18. The van der Waals surface area contributed by atoms with Gasteiger partial charge in [0.25, 0.3) is 5.91 Å². The summed E-state index contributed by atoms with van der Waals surface area (Å²) in [5.41, 5.74) is 5.14. The Morgan fingerprint density at radius 2 is 1.79 bits per heavy atom. The van der Waals surface area contributed by atoms with Crippen molar-refractivity contribution in [3.63, 3.8) is 0 Å². The minimum Gasteiger partial charge on any atom is -0.497 e. The van der Waals surface area contributed by atoms with E-state index in [0.717, 1.165) is 22.7 Å². The molecule has 0 spiro atoms. The number of halogens is 1. The fraction of sp³-hybridized carbons (Fsp3) is 0.222. The molecule has 0 heterocycles. The van der Waals surface area contributed by atoms with Gasteiger partial charge in [-0.25, -0.2) is 5.43 Å². The molecule has 1 amide bonds. The largest absolute Gasteiger partial charge is 0.497 e. The number of hydrogen-bond donors (Lipinski definition) is 2. The van der Waals surface area contributed by atoms with Crippen molar-refractivity contribution in [1.82, 2.24) is 5.43 Å². The Hall–Kier alpha value is -2.53. The summed E-state index contributed by atoms with van der Waals surface area (Å²) in [4.78, 5) is 11.9. The van der Waals surface area contributed by atoms with Gasteiger partial charge >= 0.3 is 0 Å². The predicted octanol–water partition coefficient (Wildman–Crippen LogP) is 3.69. The molecule has 0 saturated carbocycles. The van der Waals surface area contributed by atoms with Crippen molar-refractivity contribution >= 4 is 28.9 Å². The summed E-state index contributed by atoms with van der Waals surface area (Å²) >= 11 is 5.88. The van der Waals surface area contributed by atoms with Crippen LogP contribution in [0.2, 0.25) is 5.02 Å². The van der Waals surface area contributed by atoms with Gasteiger partial charge in [-0.15, -0.1) is 0 Å². The molecule has 2 aromatic carbocycles. The molecular weight excluding hydrogens is 326 g/mol. The monoisotopic (exact) mass is 345 g/mol. The Morgan fingerprint density at radius 3 is 2.38 bits per heavy atom. The first-order valence-corrected chi connectivity index (χ1v) is 7.99. The zero-order valence-corrected chi connectivity index (χ0v) is 14.4. The van der Waals surface area contributed by atoms with Crippen molar-refractivity contribution in [3.8, 4) is 5.75 Å². The SMILES string of the molecule is CC/C(=N\NC(=O)CNc1ccc(OC)cc1)c1ccc(Cl)cc1. The van der Waals surface area contributed by atoms with E-state index in [4.69, 9.17) is 16.3 Å². The van der Waals surface area contributed by atoms with Gasteiger partial charge in [-0.05, 0) is 48.4 Å². The molecule has 126 valence electrons. The molecule has 0 bridgehead atoms. The first kappa shape index (κ1) is 17.8. The predicted molar refractivity (Wildman–Crippen MR) is 97.9 cm³/mol. The fourth-order valence-electron chi connectivity index (χ4n) is 2.05. The number of rotatable bonds is 7. The Morgan fingerprint density at radius 1 is 1.12 bits per heavy atom. The van der Waals surface area contributed by atoms with Gasteiger partial charge in [0.1, 0.15) is 5.75 Å². The molecule has 2 N–H and O–H groups in total. The highest BCUT2D eigenvalue weighted by atomic mass is 35.5. The lowest BCUT2D eigenvalue weighted by Gasteiger charge is -2.08. The molecule has 0 fully saturated rings. The van der Waals surface area contributed by atoms with Crippen LogP contribution in [0.15, 0.2) is 53.6 Å². The van der Waals surface area contributed by atoms with Gasteiger partial charge < -0.3 is 10.1 Å². The second-order valence-corrected chi connectivity index (χ2v) is 5.47. The maximum absolute atomic E-state index is 11.9. The van der Waals surface area contributed by atoms with E-state index in [1.807, 2.05) is 43.3 Å². The summed E-state index contributed by atoms with van der Waals surface area (Å²) in [6, 6.07) is 14.7. The minimum atomic E-state index is -0.217. The second kappa shape index (κ2) is 8.93. The van der Waals surface area contributed by atoms with Gasteiger partial charge in [-0.1, -0.05) is 30.7 Å². The number of ether oxygens (including phenoxy) is 1. The van der Waals surface area contributed by atoms with E-state index >= 15 is 0 Å². The van der Waals surface area contributed by atoms with Crippen LogP contribution in [0.1, 0.15) is 18.9 Å². The number of hydrogen-bond acceptors (Lipinski definition) is 4. The van der Waals surface area contributed by atoms with E-state index in [1.54, 1.807) is 19.2 Å². The van der Waals surface area contributed by atoms with Crippen LogP contribution in [0.3, 0.4) is 0 Å². The van der Waals surface area contributed by atoms with Crippen LogP contribution in [0.5, 0.6) is 5.75 Å². The molecule has 0 radical (unpaired) electrons. The van der Waals surface area contributed by atoms with Crippen molar-refractivity contribution < 1.29 is 9.53 Å². The maximum Gasteiger partial charge on any atom is 0.259 e. The van der Waals surface area contributed by atoms with E-state index in [9.17, 15) is 4.79 Å². The summed E-state index contributed by atoms with van der Waals surface area (Å²) in [7, 11) is 1.61. The van der Waals surface area contributed by atoms with E-state index in [1.165, 1.54) is 0 Å². The Balaban J connectivity index is 1.89. The molecule has 0 aromatic heterocycles. The smallest absolute Gasteiger partial charge is 0.259 e.